The molecule has 3 nitrogen and oxygen atoms in total. The SMILES string of the molecule is CC1=CC(=O)C[C@H]2[C@@H]1C(=O)N(C(C)(C)C)[C@@H]2c1ccccc1. The monoisotopic (exact) mass is 297 g/mol. The highest BCUT2D eigenvalue weighted by atomic mass is 16.2. The molecule has 3 atom stereocenters. The molecule has 0 spiro atoms. The topological polar surface area (TPSA) is 37.4 Å². The van der Waals surface area contributed by atoms with Crippen molar-refractivity contribution in [2.24, 2.45) is 11.8 Å². The maximum Gasteiger partial charge on any atom is 0.231 e. The van der Waals surface area contributed by atoms with Gasteiger partial charge in [-0.2, -0.15) is 0 Å². The first kappa shape index (κ1) is 15.0. The van der Waals surface area contributed by atoms with E-state index < -0.39 is 0 Å². The second kappa shape index (κ2) is 5.08. The lowest BCUT2D eigenvalue weighted by Crippen LogP contribution is -2.44. The number of hydrogen-bond donors (Lipinski definition) is 0. The molecule has 3 heteroatoms. The highest BCUT2D eigenvalue weighted by molar-refractivity contribution is 5.96. The van der Waals surface area contributed by atoms with Crippen molar-refractivity contribution >= 4 is 11.7 Å². The molecule has 1 fully saturated rings. The summed E-state index contributed by atoms with van der Waals surface area (Å²) in [7, 11) is 0. The molecule has 1 aliphatic heterocycles. The molecule has 116 valence electrons. The third kappa shape index (κ3) is 2.29. The highest BCUT2D eigenvalue weighted by Crippen LogP contribution is 2.50. The standard InChI is InChI=1S/C19H23NO2/c1-12-10-14(21)11-15-16(12)18(22)20(19(2,3)4)17(15)13-8-6-5-7-9-13/h5-10,15-17H,11H2,1-4H3/t15-,16+,17+/m0/s1. The van der Waals surface area contributed by atoms with Gasteiger partial charge in [0, 0.05) is 17.9 Å². The third-order valence-electron chi connectivity index (χ3n) is 4.80. The molecule has 0 saturated carbocycles. The Hall–Kier alpha value is -1.90. The van der Waals surface area contributed by atoms with E-state index >= 15 is 0 Å². The van der Waals surface area contributed by atoms with Gasteiger partial charge in [-0.05, 0) is 39.3 Å². The van der Waals surface area contributed by atoms with E-state index in [2.05, 4.69) is 32.9 Å². The van der Waals surface area contributed by atoms with E-state index in [1.54, 1.807) is 6.08 Å². The van der Waals surface area contributed by atoms with Crippen molar-refractivity contribution in [1.82, 2.24) is 4.90 Å². The number of carbonyl (C=O) groups excluding carboxylic acids is 2. The van der Waals surface area contributed by atoms with E-state index in [1.165, 1.54) is 0 Å². The van der Waals surface area contributed by atoms with Crippen LogP contribution < -0.4 is 0 Å². The van der Waals surface area contributed by atoms with E-state index in [4.69, 9.17) is 0 Å². The highest BCUT2D eigenvalue weighted by Gasteiger charge is 2.53. The molecular weight excluding hydrogens is 274 g/mol. The van der Waals surface area contributed by atoms with E-state index in [1.807, 2.05) is 30.0 Å². The zero-order valence-corrected chi connectivity index (χ0v) is 13.7. The van der Waals surface area contributed by atoms with Crippen LogP contribution in [0.15, 0.2) is 42.0 Å². The van der Waals surface area contributed by atoms with Gasteiger partial charge in [0.15, 0.2) is 5.78 Å². The summed E-state index contributed by atoms with van der Waals surface area (Å²) in [6, 6.07) is 10.1. The number of benzene rings is 1. The van der Waals surface area contributed by atoms with E-state index in [-0.39, 0.29) is 35.1 Å². The number of nitrogens with zero attached hydrogens (tertiary/aromatic N) is 1. The second-order valence-corrected chi connectivity index (χ2v) is 7.43. The largest absolute Gasteiger partial charge is 0.330 e. The molecule has 0 aromatic heterocycles. The van der Waals surface area contributed by atoms with Gasteiger partial charge in [0.2, 0.25) is 5.91 Å². The van der Waals surface area contributed by atoms with Gasteiger partial charge in [-0.15, -0.1) is 0 Å². The average molecular weight is 297 g/mol. The van der Waals surface area contributed by atoms with Crippen molar-refractivity contribution in [3.8, 4) is 0 Å². The molecule has 2 aliphatic rings. The fourth-order valence-corrected chi connectivity index (χ4v) is 4.04. The summed E-state index contributed by atoms with van der Waals surface area (Å²) in [5.74, 6) is 0.199. The Morgan fingerprint density at radius 1 is 1.09 bits per heavy atom. The minimum atomic E-state index is -0.266. The van der Waals surface area contributed by atoms with Crippen LogP contribution in [-0.4, -0.2) is 22.1 Å². The summed E-state index contributed by atoms with van der Waals surface area (Å²) < 4.78 is 0. The molecule has 1 aromatic carbocycles. The van der Waals surface area contributed by atoms with Gasteiger partial charge in [0.25, 0.3) is 0 Å². The van der Waals surface area contributed by atoms with Crippen LogP contribution in [0.5, 0.6) is 0 Å². The number of ketones is 1. The summed E-state index contributed by atoms with van der Waals surface area (Å²) in [4.78, 5) is 27.1. The molecule has 22 heavy (non-hydrogen) atoms. The molecule has 0 N–H and O–H groups in total. The van der Waals surface area contributed by atoms with Crippen molar-refractivity contribution in [2.75, 3.05) is 0 Å². The van der Waals surface area contributed by atoms with Crippen LogP contribution in [0.25, 0.3) is 0 Å². The Kier molecular flexibility index (Phi) is 3.47. The number of likely N-dealkylation sites (tertiary alicyclic amines) is 1. The molecular formula is C19H23NO2. The summed E-state index contributed by atoms with van der Waals surface area (Å²) in [6.07, 6.45) is 2.12. The van der Waals surface area contributed by atoms with Crippen LogP contribution >= 0.6 is 0 Å². The first-order valence-electron chi connectivity index (χ1n) is 7.90. The van der Waals surface area contributed by atoms with Gasteiger partial charge in [-0.25, -0.2) is 0 Å². The minimum Gasteiger partial charge on any atom is -0.330 e. The fourth-order valence-electron chi connectivity index (χ4n) is 4.04. The van der Waals surface area contributed by atoms with Gasteiger partial charge >= 0.3 is 0 Å². The van der Waals surface area contributed by atoms with Gasteiger partial charge in [0.05, 0.1) is 12.0 Å². The van der Waals surface area contributed by atoms with Gasteiger partial charge in [-0.3, -0.25) is 9.59 Å². The Balaban J connectivity index is 2.13. The summed E-state index contributed by atoms with van der Waals surface area (Å²) >= 11 is 0. The van der Waals surface area contributed by atoms with Crippen LogP contribution in [0, 0.1) is 11.8 Å². The number of hydrogen-bond acceptors (Lipinski definition) is 2. The van der Waals surface area contributed by atoms with E-state index in [0.717, 1.165) is 11.1 Å². The number of fused-ring (bicyclic) bond motifs is 1. The normalized spacial score (nSPS) is 28.6. The van der Waals surface area contributed by atoms with E-state index in [9.17, 15) is 9.59 Å². The number of allylic oxidation sites excluding steroid dienone is 1. The molecule has 1 aliphatic carbocycles. The number of rotatable bonds is 1. The first-order chi connectivity index (χ1) is 10.3. The average Bonchev–Trinajstić information content (AvgIpc) is 2.72. The first-order valence-corrected chi connectivity index (χ1v) is 7.90. The van der Waals surface area contributed by atoms with Crippen LogP contribution in [-0.2, 0) is 9.59 Å². The zero-order chi connectivity index (χ0) is 16.1. The molecule has 1 heterocycles. The Morgan fingerprint density at radius 3 is 2.32 bits per heavy atom. The summed E-state index contributed by atoms with van der Waals surface area (Å²) in [5.41, 5.74) is 1.78. The Bertz CT molecular complexity index is 639. The maximum atomic E-state index is 13.1. The van der Waals surface area contributed by atoms with Crippen molar-refractivity contribution in [3.05, 3.63) is 47.5 Å². The quantitative estimate of drug-likeness (QED) is 0.795. The predicted molar refractivity (Wildman–Crippen MR) is 86.1 cm³/mol. The van der Waals surface area contributed by atoms with Crippen LogP contribution in [0.1, 0.15) is 45.7 Å². The zero-order valence-electron chi connectivity index (χ0n) is 13.7. The van der Waals surface area contributed by atoms with Crippen LogP contribution in [0.4, 0.5) is 0 Å². The molecule has 0 radical (unpaired) electrons. The predicted octanol–water partition coefficient (Wildman–Crippen LogP) is 3.52. The lowest BCUT2D eigenvalue weighted by molar-refractivity contribution is -0.135. The molecule has 1 amide bonds. The fraction of sp³-hybridized carbons (Fsp3) is 0.474. The summed E-state index contributed by atoms with van der Waals surface area (Å²) in [5, 5.41) is 0. The van der Waals surface area contributed by atoms with Gasteiger partial charge < -0.3 is 4.90 Å². The molecule has 1 aromatic rings. The minimum absolute atomic E-state index is 0.0219. The van der Waals surface area contributed by atoms with Gasteiger partial charge in [0.1, 0.15) is 0 Å². The molecule has 3 rings (SSSR count). The van der Waals surface area contributed by atoms with Crippen molar-refractivity contribution in [1.29, 1.82) is 0 Å². The van der Waals surface area contributed by atoms with Crippen molar-refractivity contribution in [3.63, 3.8) is 0 Å². The molecule has 1 saturated heterocycles. The number of carbonyl (C=O) groups is 2. The van der Waals surface area contributed by atoms with Crippen molar-refractivity contribution in [2.45, 2.75) is 45.7 Å². The maximum absolute atomic E-state index is 13.1. The van der Waals surface area contributed by atoms with Gasteiger partial charge in [-0.1, -0.05) is 35.9 Å². The lowest BCUT2D eigenvalue weighted by atomic mass is 9.76. The number of amides is 1. The lowest BCUT2D eigenvalue weighted by Gasteiger charge is -2.39. The second-order valence-electron chi connectivity index (χ2n) is 7.43. The smallest absolute Gasteiger partial charge is 0.231 e. The van der Waals surface area contributed by atoms with Crippen LogP contribution in [0.3, 0.4) is 0 Å². The Labute approximate surface area is 132 Å². The van der Waals surface area contributed by atoms with Crippen molar-refractivity contribution < 1.29 is 9.59 Å². The molecule has 0 unspecified atom stereocenters. The third-order valence-corrected chi connectivity index (χ3v) is 4.80. The molecule has 0 bridgehead atoms. The van der Waals surface area contributed by atoms with E-state index in [0.29, 0.717) is 6.42 Å². The Morgan fingerprint density at radius 2 is 1.73 bits per heavy atom. The van der Waals surface area contributed by atoms with Crippen LogP contribution in [0.2, 0.25) is 0 Å². The summed E-state index contributed by atoms with van der Waals surface area (Å²) in [6.45, 7) is 8.12.